The summed E-state index contributed by atoms with van der Waals surface area (Å²) in [6, 6.07) is 3.48. The molecule has 0 radical (unpaired) electrons. The van der Waals surface area contributed by atoms with Crippen molar-refractivity contribution in [3.05, 3.63) is 58.2 Å². The number of hydrogen-bond acceptors (Lipinski definition) is 6. The van der Waals surface area contributed by atoms with Crippen LogP contribution in [0.1, 0.15) is 94.7 Å². The van der Waals surface area contributed by atoms with Crippen LogP contribution in [0.3, 0.4) is 0 Å². The summed E-state index contributed by atoms with van der Waals surface area (Å²) in [6.45, 7) is 21.1. The zero-order chi connectivity index (χ0) is 28.8. The normalized spacial score (nSPS) is 20.4. The second-order valence-corrected chi connectivity index (χ2v) is 12.3. The van der Waals surface area contributed by atoms with E-state index in [9.17, 15) is 20.4 Å². The highest BCUT2D eigenvalue weighted by atomic mass is 16.3. The SMILES string of the molecule is C=CCN(C)Cc1c(O)c(O)cc2c1C1(CC(C)(C)c3cc(O)c(O)c(CN(C)CC)c31)CC2(C)C.CC. The molecule has 6 nitrogen and oxygen atoms in total. The summed E-state index contributed by atoms with van der Waals surface area (Å²) in [5.74, 6) is -0.331. The smallest absolute Gasteiger partial charge is 0.162 e. The van der Waals surface area contributed by atoms with Crippen molar-refractivity contribution in [3.8, 4) is 23.0 Å². The summed E-state index contributed by atoms with van der Waals surface area (Å²) in [4.78, 5) is 4.20. The number of rotatable bonds is 7. The maximum Gasteiger partial charge on any atom is 0.162 e. The summed E-state index contributed by atoms with van der Waals surface area (Å²) in [6.07, 6.45) is 3.38. The minimum Gasteiger partial charge on any atom is -0.504 e. The van der Waals surface area contributed by atoms with Crippen LogP contribution >= 0.6 is 0 Å². The summed E-state index contributed by atoms with van der Waals surface area (Å²) in [5.41, 5.74) is 4.64. The molecule has 2 aromatic carbocycles. The highest BCUT2D eigenvalue weighted by Crippen LogP contribution is 2.66. The fraction of sp³-hybridized carbons (Fsp3) is 0.562. The molecule has 2 aliphatic rings. The predicted octanol–water partition coefficient (Wildman–Crippen LogP) is 6.25. The highest BCUT2D eigenvalue weighted by Gasteiger charge is 2.59. The summed E-state index contributed by atoms with van der Waals surface area (Å²) < 4.78 is 0. The van der Waals surface area contributed by atoms with Crippen molar-refractivity contribution in [2.45, 2.75) is 90.6 Å². The van der Waals surface area contributed by atoms with Crippen molar-refractivity contribution in [3.63, 3.8) is 0 Å². The van der Waals surface area contributed by atoms with Crippen LogP contribution in [-0.2, 0) is 29.3 Å². The Hall–Kier alpha value is -2.70. The van der Waals surface area contributed by atoms with Gasteiger partial charge in [-0.1, -0.05) is 54.5 Å². The first-order chi connectivity index (χ1) is 17.7. The molecule has 4 N–H and O–H groups in total. The van der Waals surface area contributed by atoms with Crippen molar-refractivity contribution < 1.29 is 20.4 Å². The molecule has 0 amide bonds. The standard InChI is InChI=1S/C30H42N2O4.C2H6/c1-9-11-32(8)15-19-25-21(13-23(34)27(19)36)29(5,6)17-30(25)16-28(3,4)20-12-22(33)26(35)18(24(20)30)14-31(7)10-2;1-2/h9,12-13,33-36H,1,10-11,14-17H2,2-8H3;1-2H3. The Bertz CT molecular complexity index is 1210. The van der Waals surface area contributed by atoms with Gasteiger partial charge in [0.15, 0.2) is 23.0 Å². The van der Waals surface area contributed by atoms with Gasteiger partial charge in [-0.25, -0.2) is 0 Å². The second kappa shape index (κ2) is 10.5. The number of likely N-dealkylation sites (N-methyl/N-ethyl adjacent to an activating group) is 1. The van der Waals surface area contributed by atoms with Gasteiger partial charge in [-0.05, 0) is 78.7 Å². The van der Waals surface area contributed by atoms with Gasteiger partial charge in [0.25, 0.3) is 0 Å². The number of phenols is 4. The predicted molar refractivity (Wildman–Crippen MR) is 155 cm³/mol. The first kappa shape index (κ1) is 29.9. The Balaban J connectivity index is 0.00000195. The lowest BCUT2D eigenvalue weighted by atomic mass is 9.70. The molecule has 0 heterocycles. The molecule has 2 aliphatic carbocycles. The molecule has 0 saturated heterocycles. The quantitative estimate of drug-likeness (QED) is 0.253. The molecule has 0 fully saturated rings. The number of benzene rings is 2. The number of nitrogens with zero attached hydrogens (tertiary/aromatic N) is 2. The largest absolute Gasteiger partial charge is 0.504 e. The van der Waals surface area contributed by atoms with Gasteiger partial charge in [0.05, 0.1) is 0 Å². The molecule has 210 valence electrons. The number of hydrogen-bond donors (Lipinski definition) is 4. The highest BCUT2D eigenvalue weighted by molar-refractivity contribution is 5.70. The molecular formula is C32H48N2O4. The molecule has 6 heteroatoms. The third-order valence-electron chi connectivity index (χ3n) is 8.50. The Morgan fingerprint density at radius 1 is 0.789 bits per heavy atom. The average Bonchev–Trinajstić information content (AvgIpc) is 3.19. The van der Waals surface area contributed by atoms with E-state index in [0.29, 0.717) is 19.6 Å². The first-order valence-corrected chi connectivity index (χ1v) is 13.9. The Morgan fingerprint density at radius 3 is 1.55 bits per heavy atom. The van der Waals surface area contributed by atoms with Crippen molar-refractivity contribution >= 4 is 0 Å². The van der Waals surface area contributed by atoms with E-state index in [4.69, 9.17) is 0 Å². The van der Waals surface area contributed by atoms with Crippen LogP contribution in [0.4, 0.5) is 0 Å². The Morgan fingerprint density at radius 2 is 1.18 bits per heavy atom. The third-order valence-corrected chi connectivity index (χ3v) is 8.50. The van der Waals surface area contributed by atoms with Crippen molar-refractivity contribution in [2.75, 3.05) is 27.2 Å². The van der Waals surface area contributed by atoms with Gasteiger partial charge in [-0.2, -0.15) is 0 Å². The van der Waals surface area contributed by atoms with E-state index in [-0.39, 0.29) is 33.8 Å². The van der Waals surface area contributed by atoms with Gasteiger partial charge >= 0.3 is 0 Å². The zero-order valence-corrected chi connectivity index (χ0v) is 24.9. The van der Waals surface area contributed by atoms with E-state index in [0.717, 1.165) is 52.8 Å². The molecular weight excluding hydrogens is 476 g/mol. The third kappa shape index (κ3) is 4.66. The van der Waals surface area contributed by atoms with E-state index in [1.54, 1.807) is 12.1 Å². The lowest BCUT2D eigenvalue weighted by Crippen LogP contribution is -2.30. The molecule has 38 heavy (non-hydrogen) atoms. The molecule has 0 aromatic heterocycles. The van der Waals surface area contributed by atoms with E-state index in [1.165, 1.54) is 0 Å². The van der Waals surface area contributed by atoms with Gasteiger partial charge in [0.1, 0.15) is 0 Å². The Labute approximate surface area is 229 Å². The van der Waals surface area contributed by atoms with Crippen LogP contribution in [0.2, 0.25) is 0 Å². The number of fused-ring (bicyclic) bond motifs is 4. The van der Waals surface area contributed by atoms with Gasteiger partial charge < -0.3 is 25.3 Å². The molecule has 2 aromatic rings. The van der Waals surface area contributed by atoms with Crippen molar-refractivity contribution in [1.29, 1.82) is 0 Å². The molecule has 1 unspecified atom stereocenters. The van der Waals surface area contributed by atoms with Crippen molar-refractivity contribution in [1.82, 2.24) is 9.80 Å². The molecule has 0 bridgehead atoms. The van der Waals surface area contributed by atoms with Crippen LogP contribution in [0.5, 0.6) is 23.0 Å². The van der Waals surface area contributed by atoms with Gasteiger partial charge in [-0.3, -0.25) is 4.90 Å². The molecule has 0 saturated carbocycles. The van der Waals surface area contributed by atoms with Gasteiger partial charge in [0.2, 0.25) is 0 Å². The first-order valence-electron chi connectivity index (χ1n) is 13.9. The molecule has 1 spiro atoms. The number of phenolic OH excluding ortho intramolecular Hbond substituents is 4. The molecule has 0 aliphatic heterocycles. The summed E-state index contributed by atoms with van der Waals surface area (Å²) in [7, 11) is 3.98. The van der Waals surface area contributed by atoms with E-state index < -0.39 is 5.41 Å². The summed E-state index contributed by atoms with van der Waals surface area (Å²) >= 11 is 0. The minimum atomic E-state index is -0.484. The van der Waals surface area contributed by atoms with Crippen LogP contribution in [0.25, 0.3) is 0 Å². The molecule has 4 rings (SSSR count). The fourth-order valence-corrected chi connectivity index (χ4v) is 7.07. The van der Waals surface area contributed by atoms with Crippen LogP contribution in [0.15, 0.2) is 24.8 Å². The zero-order valence-electron chi connectivity index (χ0n) is 24.9. The minimum absolute atomic E-state index is 0.0642. The van der Waals surface area contributed by atoms with E-state index >= 15 is 0 Å². The number of aromatic hydroxyl groups is 4. The maximum atomic E-state index is 11.2. The van der Waals surface area contributed by atoms with Gasteiger partial charge in [0, 0.05) is 36.2 Å². The second-order valence-electron chi connectivity index (χ2n) is 12.3. The van der Waals surface area contributed by atoms with E-state index in [2.05, 4.69) is 51.0 Å². The monoisotopic (exact) mass is 524 g/mol. The van der Waals surface area contributed by atoms with Crippen molar-refractivity contribution in [2.24, 2.45) is 0 Å². The van der Waals surface area contributed by atoms with Crippen LogP contribution in [-0.4, -0.2) is 57.4 Å². The topological polar surface area (TPSA) is 87.4 Å². The molecule has 1 atom stereocenters. The lowest BCUT2D eigenvalue weighted by molar-refractivity contribution is 0.317. The Kier molecular flexibility index (Phi) is 8.22. The summed E-state index contributed by atoms with van der Waals surface area (Å²) in [5, 5.41) is 44.0. The lowest BCUT2D eigenvalue weighted by Gasteiger charge is -2.34. The fourth-order valence-electron chi connectivity index (χ4n) is 7.07. The van der Waals surface area contributed by atoms with Gasteiger partial charge in [-0.15, -0.1) is 6.58 Å². The van der Waals surface area contributed by atoms with Crippen LogP contribution in [0, 0.1) is 0 Å². The van der Waals surface area contributed by atoms with Crippen LogP contribution < -0.4 is 0 Å². The maximum absolute atomic E-state index is 11.2. The van der Waals surface area contributed by atoms with E-state index in [1.807, 2.05) is 34.0 Å². The average molecular weight is 525 g/mol.